The smallest absolute Gasteiger partial charge is 0.213 e. The monoisotopic (exact) mass is 322 g/mol. The van der Waals surface area contributed by atoms with Crippen molar-refractivity contribution in [1.82, 2.24) is 9.21 Å². The Hall–Kier alpha value is -0.910. The summed E-state index contributed by atoms with van der Waals surface area (Å²) in [5.41, 5.74) is 1.37. The number of sulfonamides is 1. The van der Waals surface area contributed by atoms with Gasteiger partial charge in [-0.1, -0.05) is 30.3 Å². The Morgan fingerprint density at radius 1 is 1.09 bits per heavy atom. The first-order chi connectivity index (χ1) is 10.6. The second-order valence-corrected chi connectivity index (χ2v) is 8.83. The summed E-state index contributed by atoms with van der Waals surface area (Å²) < 4.78 is 26.3. The average Bonchev–Trinajstić information content (AvgIpc) is 2.90. The maximum Gasteiger partial charge on any atom is 0.213 e. The number of nitrogens with zero attached hydrogens (tertiary/aromatic N) is 2. The van der Waals surface area contributed by atoms with Crippen molar-refractivity contribution in [1.29, 1.82) is 0 Å². The van der Waals surface area contributed by atoms with Gasteiger partial charge in [-0.05, 0) is 44.7 Å². The van der Waals surface area contributed by atoms with Gasteiger partial charge in [0.25, 0.3) is 0 Å². The van der Waals surface area contributed by atoms with Crippen molar-refractivity contribution in [2.45, 2.75) is 44.7 Å². The molecular weight excluding hydrogens is 296 g/mol. The van der Waals surface area contributed by atoms with Gasteiger partial charge in [0.2, 0.25) is 10.0 Å². The minimum atomic E-state index is -3.07. The number of piperidine rings is 1. The first kappa shape index (κ1) is 16.0. The highest BCUT2D eigenvalue weighted by molar-refractivity contribution is 7.89. The fourth-order valence-corrected chi connectivity index (χ4v) is 5.21. The number of hydrogen-bond donors (Lipinski definition) is 0. The zero-order valence-corrected chi connectivity index (χ0v) is 14.2. The van der Waals surface area contributed by atoms with Gasteiger partial charge < -0.3 is 0 Å². The van der Waals surface area contributed by atoms with Crippen LogP contribution >= 0.6 is 0 Å². The molecule has 3 rings (SSSR count). The molecule has 0 bridgehead atoms. The molecule has 122 valence electrons. The largest absolute Gasteiger partial charge is 0.292 e. The van der Waals surface area contributed by atoms with Crippen LogP contribution < -0.4 is 0 Å². The fourth-order valence-electron chi connectivity index (χ4n) is 4.00. The summed E-state index contributed by atoms with van der Waals surface area (Å²) in [5, 5.41) is 0. The molecule has 2 saturated heterocycles. The highest BCUT2D eigenvalue weighted by Gasteiger charge is 2.45. The summed E-state index contributed by atoms with van der Waals surface area (Å²) >= 11 is 0. The van der Waals surface area contributed by atoms with Gasteiger partial charge in [0.15, 0.2) is 0 Å². The average molecular weight is 322 g/mol. The molecule has 0 aromatic heterocycles. The first-order valence-electron chi connectivity index (χ1n) is 8.33. The van der Waals surface area contributed by atoms with Crippen LogP contribution in [-0.4, -0.2) is 48.5 Å². The molecule has 5 heteroatoms. The summed E-state index contributed by atoms with van der Waals surface area (Å²) in [6.45, 7) is 5.12. The van der Waals surface area contributed by atoms with Crippen LogP contribution in [0.25, 0.3) is 0 Å². The molecule has 22 heavy (non-hydrogen) atoms. The van der Waals surface area contributed by atoms with E-state index in [9.17, 15) is 8.42 Å². The van der Waals surface area contributed by atoms with Crippen LogP contribution in [0, 0.1) is 0 Å². The lowest BCUT2D eigenvalue weighted by Gasteiger charge is -2.45. The summed E-state index contributed by atoms with van der Waals surface area (Å²) in [4.78, 5) is 2.53. The van der Waals surface area contributed by atoms with E-state index in [2.05, 4.69) is 29.2 Å². The SMILES string of the molecule is CCS(=O)(=O)N1CCCC2(CCCN2Cc2ccccc2)C1. The van der Waals surface area contributed by atoms with E-state index in [0.29, 0.717) is 13.1 Å². The molecule has 1 aromatic rings. The third-order valence-corrected chi connectivity index (χ3v) is 7.06. The van der Waals surface area contributed by atoms with E-state index in [1.165, 1.54) is 12.0 Å². The second-order valence-electron chi connectivity index (χ2n) is 6.57. The second kappa shape index (κ2) is 6.30. The van der Waals surface area contributed by atoms with E-state index in [4.69, 9.17) is 0 Å². The van der Waals surface area contributed by atoms with Crippen molar-refractivity contribution in [3.63, 3.8) is 0 Å². The summed E-state index contributed by atoms with van der Waals surface area (Å²) in [7, 11) is -3.07. The molecular formula is C17H26N2O2S. The zero-order valence-electron chi connectivity index (χ0n) is 13.4. The minimum Gasteiger partial charge on any atom is -0.292 e. The van der Waals surface area contributed by atoms with Crippen molar-refractivity contribution < 1.29 is 8.42 Å². The molecule has 0 radical (unpaired) electrons. The molecule has 4 nitrogen and oxygen atoms in total. The molecule has 2 aliphatic heterocycles. The zero-order chi connectivity index (χ0) is 15.6. The van der Waals surface area contributed by atoms with Crippen molar-refractivity contribution in [2.24, 2.45) is 0 Å². The molecule has 0 saturated carbocycles. The normalized spacial score (nSPS) is 27.5. The van der Waals surface area contributed by atoms with Crippen LogP contribution in [-0.2, 0) is 16.6 Å². The molecule has 1 atom stereocenters. The Bertz CT molecular complexity index is 602. The van der Waals surface area contributed by atoms with Crippen LogP contribution in [0.1, 0.15) is 38.2 Å². The summed E-state index contributed by atoms with van der Waals surface area (Å²) in [5.74, 6) is 0.210. The standard InChI is InChI=1S/C17H26N2O2S/c1-2-22(20,21)19-13-7-11-17(15-19)10-6-12-18(17)14-16-8-4-3-5-9-16/h3-5,8-9H,2,6-7,10-15H2,1H3. The Labute approximate surface area is 134 Å². The molecule has 0 amide bonds. The van der Waals surface area contributed by atoms with Crippen molar-refractivity contribution >= 4 is 10.0 Å². The van der Waals surface area contributed by atoms with E-state index in [0.717, 1.165) is 32.4 Å². The van der Waals surface area contributed by atoms with Gasteiger partial charge in [0.05, 0.1) is 5.75 Å². The minimum absolute atomic E-state index is 0.0519. The fraction of sp³-hybridized carbons (Fsp3) is 0.647. The van der Waals surface area contributed by atoms with Gasteiger partial charge in [-0.2, -0.15) is 0 Å². The molecule has 1 unspecified atom stereocenters. The van der Waals surface area contributed by atoms with Crippen molar-refractivity contribution in [2.75, 3.05) is 25.4 Å². The summed E-state index contributed by atoms with van der Waals surface area (Å²) in [6.07, 6.45) is 4.39. The van der Waals surface area contributed by atoms with Crippen LogP contribution in [0.3, 0.4) is 0 Å². The lowest BCUT2D eigenvalue weighted by atomic mass is 9.87. The lowest BCUT2D eigenvalue weighted by molar-refractivity contribution is 0.0680. The molecule has 1 spiro atoms. The Balaban J connectivity index is 1.78. The van der Waals surface area contributed by atoms with Gasteiger partial charge in [-0.25, -0.2) is 12.7 Å². The molecule has 2 heterocycles. The molecule has 0 N–H and O–H groups in total. The molecule has 2 fully saturated rings. The van der Waals surface area contributed by atoms with Gasteiger partial charge in [-0.3, -0.25) is 4.90 Å². The van der Waals surface area contributed by atoms with Gasteiger partial charge >= 0.3 is 0 Å². The first-order valence-corrected chi connectivity index (χ1v) is 9.93. The third-order valence-electron chi connectivity index (χ3n) is 5.24. The predicted octanol–water partition coefficient (Wildman–Crippen LogP) is 2.47. The van der Waals surface area contributed by atoms with Crippen LogP contribution in [0.5, 0.6) is 0 Å². The van der Waals surface area contributed by atoms with Crippen molar-refractivity contribution in [3.8, 4) is 0 Å². The third kappa shape index (κ3) is 3.07. The molecule has 2 aliphatic rings. The number of benzene rings is 1. The van der Waals surface area contributed by atoms with Crippen LogP contribution in [0.2, 0.25) is 0 Å². The van der Waals surface area contributed by atoms with Crippen LogP contribution in [0.15, 0.2) is 30.3 Å². The van der Waals surface area contributed by atoms with E-state index >= 15 is 0 Å². The number of likely N-dealkylation sites (tertiary alicyclic amines) is 1. The van der Waals surface area contributed by atoms with Crippen molar-refractivity contribution in [3.05, 3.63) is 35.9 Å². The number of hydrogen-bond acceptors (Lipinski definition) is 3. The Morgan fingerprint density at radius 3 is 2.45 bits per heavy atom. The van der Waals surface area contributed by atoms with Gasteiger partial charge in [0, 0.05) is 25.2 Å². The Morgan fingerprint density at radius 2 is 1.77 bits per heavy atom. The van der Waals surface area contributed by atoms with E-state index < -0.39 is 10.0 Å². The number of rotatable bonds is 4. The Kier molecular flexibility index (Phi) is 4.57. The molecule has 0 aliphatic carbocycles. The van der Waals surface area contributed by atoms with Gasteiger partial charge in [-0.15, -0.1) is 0 Å². The maximum atomic E-state index is 12.3. The van der Waals surface area contributed by atoms with E-state index in [1.807, 2.05) is 6.07 Å². The quantitative estimate of drug-likeness (QED) is 0.855. The van der Waals surface area contributed by atoms with Gasteiger partial charge in [0.1, 0.15) is 0 Å². The van der Waals surface area contributed by atoms with E-state index in [1.54, 1.807) is 11.2 Å². The van der Waals surface area contributed by atoms with E-state index in [-0.39, 0.29) is 11.3 Å². The molecule has 1 aromatic carbocycles. The van der Waals surface area contributed by atoms with Crippen LogP contribution in [0.4, 0.5) is 0 Å². The topological polar surface area (TPSA) is 40.6 Å². The highest BCUT2D eigenvalue weighted by Crippen LogP contribution is 2.38. The summed E-state index contributed by atoms with van der Waals surface area (Å²) in [6, 6.07) is 10.5. The predicted molar refractivity (Wildman–Crippen MR) is 89.1 cm³/mol. The maximum absolute atomic E-state index is 12.3. The highest BCUT2D eigenvalue weighted by atomic mass is 32.2. The lowest BCUT2D eigenvalue weighted by Crippen LogP contribution is -2.56.